The maximum atomic E-state index is 14.4. The van der Waals surface area contributed by atoms with Crippen LogP contribution in [-0.2, 0) is 38.1 Å². The van der Waals surface area contributed by atoms with Gasteiger partial charge in [0.15, 0.2) is 23.0 Å². The summed E-state index contributed by atoms with van der Waals surface area (Å²) >= 11 is 0. The van der Waals surface area contributed by atoms with Crippen LogP contribution in [0.5, 0.6) is 23.0 Å². The first kappa shape index (κ1) is 47.0. The average molecular weight is 839 g/mol. The van der Waals surface area contributed by atoms with Gasteiger partial charge in [0.25, 0.3) is 0 Å². The summed E-state index contributed by atoms with van der Waals surface area (Å²) in [6.45, 7) is -0.143. The number of ether oxygens (including phenoxy) is 8. The van der Waals surface area contributed by atoms with Crippen molar-refractivity contribution in [1.29, 1.82) is 0 Å². The first-order valence-corrected chi connectivity index (χ1v) is 19.7. The van der Waals surface area contributed by atoms with Crippen LogP contribution in [0, 0.1) is 5.41 Å². The Balaban J connectivity index is 1.37. The van der Waals surface area contributed by atoms with Gasteiger partial charge in [0.05, 0.1) is 67.0 Å². The van der Waals surface area contributed by atoms with E-state index in [1.807, 2.05) is 0 Å². The van der Waals surface area contributed by atoms with Gasteiger partial charge >= 0.3 is 23.9 Å². The molecule has 4 aromatic rings. The highest BCUT2D eigenvalue weighted by Crippen LogP contribution is 2.45. The van der Waals surface area contributed by atoms with Crippen LogP contribution in [-0.4, -0.2) is 78.7 Å². The van der Waals surface area contributed by atoms with E-state index in [4.69, 9.17) is 49.4 Å². The fraction of sp³-hybridized carbons (Fsp3) is 0.319. The third kappa shape index (κ3) is 13.2. The number of carbonyl (C=O) groups is 4. The molecule has 4 N–H and O–H groups in total. The van der Waals surface area contributed by atoms with E-state index in [0.717, 1.165) is 0 Å². The molecule has 0 heterocycles. The molecular weight excluding hydrogens is 785 g/mol. The number of benzene rings is 4. The fourth-order valence-corrected chi connectivity index (χ4v) is 6.29. The summed E-state index contributed by atoms with van der Waals surface area (Å²) in [6, 6.07) is 25.2. The molecule has 0 aromatic heterocycles. The van der Waals surface area contributed by atoms with E-state index < -0.39 is 41.4 Å². The quantitative estimate of drug-likeness (QED) is 0.0253. The summed E-state index contributed by atoms with van der Waals surface area (Å²) in [4.78, 5) is 53.5. The lowest BCUT2D eigenvalue weighted by molar-refractivity contribution is -0.177. The molecule has 14 nitrogen and oxygen atoms in total. The van der Waals surface area contributed by atoms with Crippen molar-refractivity contribution in [2.45, 2.75) is 37.8 Å². The number of rotatable bonds is 24. The Labute approximate surface area is 356 Å². The van der Waals surface area contributed by atoms with E-state index in [1.54, 1.807) is 109 Å². The normalized spacial score (nSPS) is 12.3. The van der Waals surface area contributed by atoms with Crippen molar-refractivity contribution in [3.63, 3.8) is 0 Å². The number of unbranched alkanes of at least 4 members (excludes halogenated alkanes) is 2. The van der Waals surface area contributed by atoms with Gasteiger partial charge in [-0.3, -0.25) is 9.59 Å². The standard InChI is InChI=1S/C47H54N2O12/c1-54-37-23-19-33(31-39(37)56-3)21-25-41(50)58-27-11-13-29-60-45(52)47(43(48)35-15-7-5-8-16-35,44(49)36-17-9-6-10-18-36)46(53)61-30-14-12-28-59-42(51)26-22-34-20-24-38(55-2)40(32-34)57-4/h5-10,15-26,31-32,43-44H,11-14,27-30,48-49H2,1-4H3/b25-21+,26-22+. The maximum absolute atomic E-state index is 14.4. The summed E-state index contributed by atoms with van der Waals surface area (Å²) < 4.78 is 43.3. The lowest BCUT2D eigenvalue weighted by Crippen LogP contribution is -2.56. The Bertz CT molecular complexity index is 1940. The smallest absolute Gasteiger partial charge is 0.330 e. The molecule has 0 spiro atoms. The molecule has 2 atom stereocenters. The maximum Gasteiger partial charge on any atom is 0.330 e. The molecule has 0 saturated heterocycles. The van der Waals surface area contributed by atoms with E-state index in [2.05, 4.69) is 0 Å². The van der Waals surface area contributed by atoms with Gasteiger partial charge in [-0.05, 0) is 84.4 Å². The Morgan fingerprint density at radius 1 is 0.492 bits per heavy atom. The third-order valence-electron chi connectivity index (χ3n) is 9.65. The van der Waals surface area contributed by atoms with Crippen molar-refractivity contribution < 1.29 is 57.1 Å². The molecule has 4 aromatic carbocycles. The van der Waals surface area contributed by atoms with Crippen LogP contribution in [0.2, 0.25) is 0 Å². The topological polar surface area (TPSA) is 194 Å². The molecule has 61 heavy (non-hydrogen) atoms. The summed E-state index contributed by atoms with van der Waals surface area (Å²) in [5, 5.41) is 0. The highest BCUT2D eigenvalue weighted by molar-refractivity contribution is 6.02. The molecule has 2 unspecified atom stereocenters. The zero-order chi connectivity index (χ0) is 44.0. The first-order chi connectivity index (χ1) is 29.6. The van der Waals surface area contributed by atoms with E-state index in [1.165, 1.54) is 40.6 Å². The van der Waals surface area contributed by atoms with Gasteiger partial charge < -0.3 is 49.4 Å². The highest BCUT2D eigenvalue weighted by atomic mass is 16.6. The van der Waals surface area contributed by atoms with Crippen LogP contribution in [0.4, 0.5) is 0 Å². The van der Waals surface area contributed by atoms with E-state index in [0.29, 0.717) is 70.9 Å². The number of hydrogen-bond acceptors (Lipinski definition) is 14. The van der Waals surface area contributed by atoms with Crippen LogP contribution in [0.1, 0.15) is 60.0 Å². The number of methoxy groups -OCH3 is 4. The zero-order valence-corrected chi connectivity index (χ0v) is 34.9. The zero-order valence-electron chi connectivity index (χ0n) is 34.9. The lowest BCUT2D eigenvalue weighted by atomic mass is 9.69. The summed E-state index contributed by atoms with van der Waals surface area (Å²) in [6.07, 6.45) is 7.08. The van der Waals surface area contributed by atoms with E-state index in [9.17, 15) is 19.2 Å². The largest absolute Gasteiger partial charge is 0.493 e. The Hall–Kier alpha value is -6.64. The third-order valence-corrected chi connectivity index (χ3v) is 9.65. The molecule has 0 bridgehead atoms. The highest BCUT2D eigenvalue weighted by Gasteiger charge is 2.59. The van der Waals surface area contributed by atoms with Crippen LogP contribution in [0.15, 0.2) is 109 Å². The molecule has 0 saturated carbocycles. The van der Waals surface area contributed by atoms with Gasteiger partial charge in [-0.2, -0.15) is 0 Å². The molecule has 324 valence electrons. The van der Waals surface area contributed by atoms with Crippen molar-refractivity contribution in [1.82, 2.24) is 0 Å². The molecule has 0 radical (unpaired) electrons. The van der Waals surface area contributed by atoms with Crippen LogP contribution in [0.3, 0.4) is 0 Å². The fourth-order valence-electron chi connectivity index (χ4n) is 6.29. The Morgan fingerprint density at radius 3 is 1.18 bits per heavy atom. The molecule has 0 fully saturated rings. The van der Waals surface area contributed by atoms with Crippen LogP contribution in [0.25, 0.3) is 12.2 Å². The van der Waals surface area contributed by atoms with Crippen molar-refractivity contribution in [3.8, 4) is 23.0 Å². The van der Waals surface area contributed by atoms with Gasteiger partial charge in [-0.1, -0.05) is 72.8 Å². The number of esters is 4. The second kappa shape index (κ2) is 24.4. The van der Waals surface area contributed by atoms with Crippen LogP contribution < -0.4 is 30.4 Å². The molecule has 14 heteroatoms. The SMILES string of the molecule is COc1ccc(/C=C/C(=O)OCCCCOC(=O)C(C(=O)OCCCCOC(=O)/C=C/c2ccc(OC)c(OC)c2)(C(N)c2ccccc2)C(N)c2ccccc2)cc1OC. The van der Waals surface area contributed by atoms with E-state index in [-0.39, 0.29) is 26.4 Å². The predicted octanol–water partition coefficient (Wildman–Crippen LogP) is 6.57. The van der Waals surface area contributed by atoms with Gasteiger partial charge in [-0.25, -0.2) is 9.59 Å². The minimum atomic E-state index is -2.22. The summed E-state index contributed by atoms with van der Waals surface area (Å²) in [5.41, 5.74) is 13.8. The van der Waals surface area contributed by atoms with Crippen LogP contribution >= 0.6 is 0 Å². The van der Waals surface area contributed by atoms with Crippen molar-refractivity contribution in [3.05, 3.63) is 131 Å². The van der Waals surface area contributed by atoms with Crippen molar-refractivity contribution in [2.24, 2.45) is 16.9 Å². The Kier molecular flexibility index (Phi) is 18.9. The van der Waals surface area contributed by atoms with Gasteiger partial charge in [0, 0.05) is 12.2 Å². The molecule has 0 aliphatic heterocycles. The monoisotopic (exact) mass is 838 g/mol. The minimum Gasteiger partial charge on any atom is -0.493 e. The number of carbonyl (C=O) groups excluding carboxylic acids is 4. The van der Waals surface area contributed by atoms with Gasteiger partial charge in [-0.15, -0.1) is 0 Å². The van der Waals surface area contributed by atoms with E-state index >= 15 is 0 Å². The van der Waals surface area contributed by atoms with Gasteiger partial charge in [0.2, 0.25) is 5.41 Å². The first-order valence-electron chi connectivity index (χ1n) is 19.7. The second-order valence-corrected chi connectivity index (χ2v) is 13.6. The summed E-state index contributed by atoms with van der Waals surface area (Å²) in [5.74, 6) is -0.876. The van der Waals surface area contributed by atoms with Gasteiger partial charge in [0.1, 0.15) is 0 Å². The molecule has 0 amide bonds. The van der Waals surface area contributed by atoms with Crippen molar-refractivity contribution >= 4 is 36.0 Å². The minimum absolute atomic E-state index is 0.0520. The molecular formula is C47H54N2O12. The second-order valence-electron chi connectivity index (χ2n) is 13.6. The lowest BCUT2D eigenvalue weighted by Gasteiger charge is -2.39. The number of nitrogens with two attached hydrogens (primary N) is 2. The predicted molar refractivity (Wildman–Crippen MR) is 229 cm³/mol. The molecule has 0 aliphatic rings. The average Bonchev–Trinajstić information content (AvgIpc) is 3.30. The van der Waals surface area contributed by atoms with Crippen molar-refractivity contribution in [2.75, 3.05) is 54.9 Å². The Morgan fingerprint density at radius 2 is 0.836 bits per heavy atom. The molecule has 0 aliphatic carbocycles. The number of hydrogen-bond donors (Lipinski definition) is 2. The molecule has 4 rings (SSSR count). The summed E-state index contributed by atoms with van der Waals surface area (Å²) in [7, 11) is 6.11.